The molecule has 0 radical (unpaired) electrons. The monoisotopic (exact) mass is 372 g/mol. The Kier molecular flexibility index (Phi) is 7.10. The van der Waals surface area contributed by atoms with Crippen LogP contribution in [0.4, 0.5) is 5.69 Å². The van der Waals surface area contributed by atoms with E-state index in [1.807, 2.05) is 30.1 Å². The number of nitrogens with zero attached hydrogens (tertiary/aromatic N) is 3. The number of aliphatic imine (C=N–C) groups is 1. The van der Waals surface area contributed by atoms with Crippen LogP contribution in [0.3, 0.4) is 0 Å². The van der Waals surface area contributed by atoms with Gasteiger partial charge in [0.1, 0.15) is 0 Å². The van der Waals surface area contributed by atoms with Crippen LogP contribution < -0.4 is 10.2 Å². The first kappa shape index (κ1) is 19.7. The first-order valence-corrected chi connectivity index (χ1v) is 10.1. The average Bonchev–Trinajstić information content (AvgIpc) is 3.41. The van der Waals surface area contributed by atoms with Gasteiger partial charge in [-0.3, -0.25) is 9.79 Å². The second-order valence-electron chi connectivity index (χ2n) is 7.44. The molecule has 148 valence electrons. The number of fused-ring (bicyclic) bond motifs is 1. The molecule has 0 spiro atoms. The summed E-state index contributed by atoms with van der Waals surface area (Å²) in [6, 6.07) is 8.19. The number of rotatable bonds is 9. The number of guanidine groups is 1. The molecular formula is C21H32N4O2. The number of para-hydroxylation sites is 1. The van der Waals surface area contributed by atoms with E-state index in [1.54, 1.807) is 7.05 Å². The van der Waals surface area contributed by atoms with Crippen molar-refractivity contribution >= 4 is 17.6 Å². The highest BCUT2D eigenvalue weighted by Crippen LogP contribution is 2.29. The second kappa shape index (κ2) is 9.74. The first-order chi connectivity index (χ1) is 13.2. The SMILES string of the molecule is CN=C(NCCCC(=O)N1CCc2ccccc21)N(C)CCOCC1CC1. The third-order valence-electron chi connectivity index (χ3n) is 5.23. The molecule has 1 amide bonds. The van der Waals surface area contributed by atoms with Crippen LogP contribution in [-0.2, 0) is 16.0 Å². The van der Waals surface area contributed by atoms with Gasteiger partial charge in [0.25, 0.3) is 0 Å². The van der Waals surface area contributed by atoms with E-state index in [4.69, 9.17) is 4.74 Å². The van der Waals surface area contributed by atoms with Crippen LogP contribution >= 0.6 is 0 Å². The Labute approximate surface area is 162 Å². The molecule has 1 aliphatic carbocycles. The summed E-state index contributed by atoms with van der Waals surface area (Å²) in [5.74, 6) is 1.86. The van der Waals surface area contributed by atoms with E-state index in [0.29, 0.717) is 6.42 Å². The number of anilines is 1. The van der Waals surface area contributed by atoms with Crippen LogP contribution in [0.2, 0.25) is 0 Å². The predicted octanol–water partition coefficient (Wildman–Crippen LogP) is 2.29. The van der Waals surface area contributed by atoms with Crippen molar-refractivity contribution in [3.05, 3.63) is 29.8 Å². The second-order valence-corrected chi connectivity index (χ2v) is 7.44. The lowest BCUT2D eigenvalue weighted by Gasteiger charge is -2.22. The summed E-state index contributed by atoms with van der Waals surface area (Å²) >= 11 is 0. The molecule has 0 atom stereocenters. The molecule has 0 bridgehead atoms. The van der Waals surface area contributed by atoms with Gasteiger partial charge in [-0.2, -0.15) is 0 Å². The Hall–Kier alpha value is -2.08. The molecule has 6 heteroatoms. The summed E-state index contributed by atoms with van der Waals surface area (Å²) in [5.41, 5.74) is 2.35. The van der Waals surface area contributed by atoms with Gasteiger partial charge >= 0.3 is 0 Å². The Morgan fingerprint density at radius 3 is 2.96 bits per heavy atom. The zero-order valence-electron chi connectivity index (χ0n) is 16.6. The molecule has 0 saturated heterocycles. The lowest BCUT2D eigenvalue weighted by Crippen LogP contribution is -2.41. The standard InChI is InChI=1S/C21H32N4O2/c1-22-21(24(2)14-15-27-16-17-9-10-17)23-12-5-8-20(26)25-13-11-18-6-3-4-7-19(18)25/h3-4,6-7,17H,5,8-16H2,1-2H3,(H,22,23). The summed E-state index contributed by atoms with van der Waals surface area (Å²) in [6.45, 7) is 3.97. The Balaban J connectivity index is 1.32. The molecule has 3 rings (SSSR count). The molecule has 1 N–H and O–H groups in total. The smallest absolute Gasteiger partial charge is 0.227 e. The number of likely N-dealkylation sites (N-methyl/N-ethyl adjacent to an activating group) is 1. The number of carbonyl (C=O) groups excluding carboxylic acids is 1. The van der Waals surface area contributed by atoms with Gasteiger partial charge in [0, 0.05) is 52.4 Å². The van der Waals surface area contributed by atoms with Crippen molar-refractivity contribution in [3.63, 3.8) is 0 Å². The van der Waals surface area contributed by atoms with E-state index in [-0.39, 0.29) is 5.91 Å². The highest BCUT2D eigenvalue weighted by molar-refractivity contribution is 5.95. The summed E-state index contributed by atoms with van der Waals surface area (Å²) in [6.07, 6.45) is 4.94. The third-order valence-corrected chi connectivity index (χ3v) is 5.23. The van der Waals surface area contributed by atoms with E-state index >= 15 is 0 Å². The predicted molar refractivity (Wildman–Crippen MR) is 109 cm³/mol. The topological polar surface area (TPSA) is 57.2 Å². The van der Waals surface area contributed by atoms with Crippen LogP contribution in [0.25, 0.3) is 0 Å². The van der Waals surface area contributed by atoms with Crippen molar-refractivity contribution in [1.82, 2.24) is 10.2 Å². The molecule has 1 saturated carbocycles. The van der Waals surface area contributed by atoms with Gasteiger partial charge in [-0.15, -0.1) is 0 Å². The fraction of sp³-hybridized carbons (Fsp3) is 0.619. The normalized spacial score (nSPS) is 16.4. The van der Waals surface area contributed by atoms with Crippen LogP contribution in [0.1, 0.15) is 31.2 Å². The summed E-state index contributed by atoms with van der Waals surface area (Å²) in [4.78, 5) is 20.8. The highest BCUT2D eigenvalue weighted by atomic mass is 16.5. The quantitative estimate of drug-likeness (QED) is 0.410. The Morgan fingerprint density at radius 1 is 1.37 bits per heavy atom. The number of benzene rings is 1. The highest BCUT2D eigenvalue weighted by Gasteiger charge is 2.23. The van der Waals surface area contributed by atoms with Gasteiger partial charge in [-0.25, -0.2) is 0 Å². The third kappa shape index (κ3) is 5.70. The lowest BCUT2D eigenvalue weighted by atomic mass is 10.2. The summed E-state index contributed by atoms with van der Waals surface area (Å²) in [7, 11) is 3.80. The Morgan fingerprint density at radius 2 is 2.19 bits per heavy atom. The first-order valence-electron chi connectivity index (χ1n) is 10.1. The van der Waals surface area contributed by atoms with E-state index < -0.39 is 0 Å². The maximum atomic E-state index is 12.5. The summed E-state index contributed by atoms with van der Waals surface area (Å²) < 4.78 is 5.69. The largest absolute Gasteiger partial charge is 0.379 e. The van der Waals surface area contributed by atoms with Crippen molar-refractivity contribution < 1.29 is 9.53 Å². The van der Waals surface area contributed by atoms with E-state index in [9.17, 15) is 4.79 Å². The number of amides is 1. The number of nitrogens with one attached hydrogen (secondary N) is 1. The molecule has 27 heavy (non-hydrogen) atoms. The van der Waals surface area contributed by atoms with Crippen molar-refractivity contribution in [2.24, 2.45) is 10.9 Å². The number of carbonyl (C=O) groups is 1. The molecule has 0 unspecified atom stereocenters. The van der Waals surface area contributed by atoms with Crippen LogP contribution in [-0.4, -0.2) is 63.7 Å². The minimum Gasteiger partial charge on any atom is -0.379 e. The molecule has 0 aromatic heterocycles. The zero-order chi connectivity index (χ0) is 19.1. The molecular weight excluding hydrogens is 340 g/mol. The number of hydrogen-bond acceptors (Lipinski definition) is 3. The maximum absolute atomic E-state index is 12.5. The lowest BCUT2D eigenvalue weighted by molar-refractivity contribution is -0.118. The number of ether oxygens (including phenoxy) is 1. The van der Waals surface area contributed by atoms with E-state index in [1.165, 1.54) is 18.4 Å². The van der Waals surface area contributed by atoms with E-state index in [0.717, 1.165) is 63.3 Å². The molecule has 6 nitrogen and oxygen atoms in total. The van der Waals surface area contributed by atoms with Crippen LogP contribution in [0.5, 0.6) is 0 Å². The molecule has 1 fully saturated rings. The molecule has 1 aromatic rings. The van der Waals surface area contributed by atoms with Gasteiger partial charge in [0.15, 0.2) is 5.96 Å². The van der Waals surface area contributed by atoms with Gasteiger partial charge in [-0.05, 0) is 43.2 Å². The minimum atomic E-state index is 0.207. The van der Waals surface area contributed by atoms with Gasteiger partial charge < -0.3 is 19.9 Å². The minimum absolute atomic E-state index is 0.207. The molecule has 1 aromatic carbocycles. The number of hydrogen-bond donors (Lipinski definition) is 1. The fourth-order valence-corrected chi connectivity index (χ4v) is 3.40. The maximum Gasteiger partial charge on any atom is 0.227 e. The van der Waals surface area contributed by atoms with Crippen molar-refractivity contribution in [2.75, 3.05) is 51.8 Å². The fourth-order valence-electron chi connectivity index (χ4n) is 3.40. The average molecular weight is 373 g/mol. The van der Waals surface area contributed by atoms with Crippen molar-refractivity contribution in [1.29, 1.82) is 0 Å². The van der Waals surface area contributed by atoms with Crippen molar-refractivity contribution in [2.45, 2.75) is 32.1 Å². The zero-order valence-corrected chi connectivity index (χ0v) is 16.6. The van der Waals surface area contributed by atoms with Gasteiger partial charge in [-0.1, -0.05) is 18.2 Å². The van der Waals surface area contributed by atoms with Gasteiger partial charge in [0.05, 0.1) is 6.61 Å². The van der Waals surface area contributed by atoms with E-state index in [2.05, 4.69) is 21.3 Å². The van der Waals surface area contributed by atoms with Gasteiger partial charge in [0.2, 0.25) is 5.91 Å². The summed E-state index contributed by atoms with van der Waals surface area (Å²) in [5, 5.41) is 3.35. The Bertz CT molecular complexity index is 657. The van der Waals surface area contributed by atoms with Crippen LogP contribution in [0.15, 0.2) is 29.3 Å². The molecule has 1 aliphatic heterocycles. The van der Waals surface area contributed by atoms with Crippen LogP contribution in [0, 0.1) is 5.92 Å². The molecule has 2 aliphatic rings. The molecule has 1 heterocycles. The van der Waals surface area contributed by atoms with Crippen molar-refractivity contribution in [3.8, 4) is 0 Å².